The van der Waals surface area contributed by atoms with Crippen LogP contribution in [0.15, 0.2) is 59.7 Å². The third-order valence-electron chi connectivity index (χ3n) is 3.76. The molecule has 0 unspecified atom stereocenters. The molecule has 0 atom stereocenters. The van der Waals surface area contributed by atoms with E-state index in [2.05, 4.69) is 15.1 Å². The largest absolute Gasteiger partial charge is 0.427 e. The summed E-state index contributed by atoms with van der Waals surface area (Å²) in [6, 6.07) is 12.1. The fraction of sp³-hybridized carbons (Fsp3) is 0.0500. The molecule has 0 bridgehead atoms. The average Bonchev–Trinajstić information content (AvgIpc) is 3.12. The van der Waals surface area contributed by atoms with Gasteiger partial charge in [-0.1, -0.05) is 23.5 Å². The number of carbonyl (C=O) groups is 1. The lowest BCUT2D eigenvalue weighted by molar-refractivity contribution is -0.131. The first-order valence-corrected chi connectivity index (χ1v) is 9.18. The second-order valence-electron chi connectivity index (χ2n) is 5.86. The number of nitrogens with zero attached hydrogens (tertiary/aromatic N) is 4. The lowest BCUT2D eigenvalue weighted by Crippen LogP contribution is -2.14. The van der Waals surface area contributed by atoms with Crippen molar-refractivity contribution in [2.75, 3.05) is 0 Å². The van der Waals surface area contributed by atoms with Crippen LogP contribution in [0.25, 0.3) is 27.7 Å². The number of benzene rings is 1. The number of hydrogen-bond donors (Lipinski definition) is 0. The first-order chi connectivity index (χ1) is 13.6. The fourth-order valence-corrected chi connectivity index (χ4v) is 3.44. The maximum absolute atomic E-state index is 12.4. The Morgan fingerprint density at radius 2 is 2.00 bits per heavy atom. The molecule has 3 aromatic heterocycles. The fourth-order valence-electron chi connectivity index (χ4n) is 2.52. The van der Waals surface area contributed by atoms with Crippen molar-refractivity contribution in [1.82, 2.24) is 19.6 Å². The molecule has 1 aromatic carbocycles. The molecule has 0 radical (unpaired) electrons. The summed E-state index contributed by atoms with van der Waals surface area (Å²) in [5, 5.41) is 5.00. The van der Waals surface area contributed by atoms with Gasteiger partial charge < -0.3 is 4.74 Å². The summed E-state index contributed by atoms with van der Waals surface area (Å²) in [6.45, 7) is 1.35. The number of esters is 1. The minimum atomic E-state index is -0.379. The second-order valence-corrected chi connectivity index (χ2v) is 6.81. The van der Waals surface area contributed by atoms with Crippen molar-refractivity contribution in [3.63, 3.8) is 0 Å². The molecule has 0 amide bonds. The summed E-state index contributed by atoms with van der Waals surface area (Å²) in [5.74, 6) is 0.0748. The van der Waals surface area contributed by atoms with Crippen LogP contribution in [-0.4, -0.2) is 25.6 Å². The maximum Gasteiger partial charge on any atom is 0.308 e. The molecule has 0 saturated carbocycles. The SMILES string of the molecule is CC(=O)Oc1ccc(-c2nn3c(=O)cc(/C=C/c4cccnc4)nc3s2)cc1. The summed E-state index contributed by atoms with van der Waals surface area (Å²) >= 11 is 1.31. The van der Waals surface area contributed by atoms with Crippen molar-refractivity contribution in [3.05, 3.63) is 76.5 Å². The Bertz CT molecular complexity index is 1230. The number of fused-ring (bicyclic) bond motifs is 1. The van der Waals surface area contributed by atoms with Crippen molar-refractivity contribution in [3.8, 4) is 16.3 Å². The molecule has 0 saturated heterocycles. The van der Waals surface area contributed by atoms with Gasteiger partial charge in [-0.3, -0.25) is 14.6 Å². The van der Waals surface area contributed by atoms with Crippen LogP contribution in [0, 0.1) is 0 Å². The van der Waals surface area contributed by atoms with E-state index in [1.807, 2.05) is 18.2 Å². The zero-order valence-electron chi connectivity index (χ0n) is 14.8. The smallest absolute Gasteiger partial charge is 0.308 e. The Kier molecular flexibility index (Phi) is 4.77. The first kappa shape index (κ1) is 17.7. The van der Waals surface area contributed by atoms with Crippen LogP contribution in [0.2, 0.25) is 0 Å². The molecule has 0 aliphatic rings. The molecule has 0 spiro atoms. The normalized spacial score (nSPS) is 11.2. The number of ether oxygens (including phenoxy) is 1. The highest BCUT2D eigenvalue weighted by Gasteiger charge is 2.10. The predicted octanol–water partition coefficient (Wildman–Crippen LogP) is 3.31. The van der Waals surface area contributed by atoms with Crippen molar-refractivity contribution in [2.45, 2.75) is 6.92 Å². The van der Waals surface area contributed by atoms with Gasteiger partial charge in [0.25, 0.3) is 5.56 Å². The van der Waals surface area contributed by atoms with Gasteiger partial charge in [-0.05, 0) is 42.0 Å². The number of aromatic nitrogens is 4. The molecule has 3 heterocycles. The summed E-state index contributed by atoms with van der Waals surface area (Å²) in [6.07, 6.45) is 7.05. The molecule has 28 heavy (non-hydrogen) atoms. The molecule has 0 fully saturated rings. The van der Waals surface area contributed by atoms with E-state index in [1.54, 1.807) is 42.7 Å². The van der Waals surface area contributed by atoms with E-state index >= 15 is 0 Å². The summed E-state index contributed by atoms with van der Waals surface area (Å²) < 4.78 is 6.31. The number of rotatable bonds is 4. The maximum atomic E-state index is 12.4. The Morgan fingerprint density at radius 1 is 1.18 bits per heavy atom. The zero-order chi connectivity index (χ0) is 19.5. The van der Waals surface area contributed by atoms with Crippen LogP contribution >= 0.6 is 11.3 Å². The third-order valence-corrected chi connectivity index (χ3v) is 4.72. The zero-order valence-corrected chi connectivity index (χ0v) is 15.6. The van der Waals surface area contributed by atoms with E-state index in [1.165, 1.54) is 28.8 Å². The van der Waals surface area contributed by atoms with E-state index in [9.17, 15) is 9.59 Å². The topological polar surface area (TPSA) is 86.5 Å². The average molecular weight is 390 g/mol. The molecular weight excluding hydrogens is 376 g/mol. The molecule has 0 aliphatic carbocycles. The first-order valence-electron chi connectivity index (χ1n) is 8.36. The van der Waals surface area contributed by atoms with Gasteiger partial charge in [0.1, 0.15) is 10.8 Å². The lowest BCUT2D eigenvalue weighted by atomic mass is 10.2. The summed E-state index contributed by atoms with van der Waals surface area (Å²) in [4.78, 5) is 32.4. The summed E-state index contributed by atoms with van der Waals surface area (Å²) in [5.41, 5.74) is 2.02. The van der Waals surface area contributed by atoms with Gasteiger partial charge in [0.05, 0.1) is 5.69 Å². The van der Waals surface area contributed by atoms with E-state index in [-0.39, 0.29) is 11.5 Å². The van der Waals surface area contributed by atoms with Gasteiger partial charge in [0, 0.05) is 30.9 Å². The van der Waals surface area contributed by atoms with E-state index in [4.69, 9.17) is 4.74 Å². The van der Waals surface area contributed by atoms with Crippen LogP contribution < -0.4 is 10.3 Å². The quantitative estimate of drug-likeness (QED) is 0.392. The van der Waals surface area contributed by atoms with Crippen molar-refractivity contribution < 1.29 is 9.53 Å². The van der Waals surface area contributed by atoms with Crippen molar-refractivity contribution >= 4 is 34.4 Å². The van der Waals surface area contributed by atoms with Crippen LogP contribution in [-0.2, 0) is 4.79 Å². The van der Waals surface area contributed by atoms with Crippen LogP contribution in [0.1, 0.15) is 18.2 Å². The van der Waals surface area contributed by atoms with Crippen molar-refractivity contribution in [1.29, 1.82) is 0 Å². The van der Waals surface area contributed by atoms with Gasteiger partial charge in [0.2, 0.25) is 4.96 Å². The Morgan fingerprint density at radius 3 is 2.71 bits per heavy atom. The molecule has 138 valence electrons. The van der Waals surface area contributed by atoms with Gasteiger partial charge in [-0.15, -0.1) is 0 Å². The molecule has 8 heteroatoms. The van der Waals surface area contributed by atoms with E-state index < -0.39 is 0 Å². The van der Waals surface area contributed by atoms with E-state index in [0.717, 1.165) is 11.1 Å². The molecule has 0 N–H and O–H groups in total. The molecule has 7 nitrogen and oxygen atoms in total. The standard InChI is InChI=1S/C20H14N4O3S/c1-13(25)27-17-8-5-15(6-9-17)19-23-24-18(26)11-16(22-20(24)28-19)7-4-14-3-2-10-21-12-14/h2-12H,1H3/b7-4+. The molecule has 4 rings (SSSR count). The van der Waals surface area contributed by atoms with Gasteiger partial charge in [-0.25, -0.2) is 4.98 Å². The highest BCUT2D eigenvalue weighted by atomic mass is 32.1. The predicted molar refractivity (Wildman–Crippen MR) is 107 cm³/mol. The van der Waals surface area contributed by atoms with E-state index in [0.29, 0.717) is 21.4 Å². The van der Waals surface area contributed by atoms with Gasteiger partial charge in [-0.2, -0.15) is 9.61 Å². The minimum absolute atomic E-state index is 0.255. The third kappa shape index (κ3) is 3.86. The van der Waals surface area contributed by atoms with Crippen molar-refractivity contribution in [2.24, 2.45) is 0 Å². The van der Waals surface area contributed by atoms with Gasteiger partial charge >= 0.3 is 5.97 Å². The van der Waals surface area contributed by atoms with Crippen LogP contribution in [0.3, 0.4) is 0 Å². The Balaban J connectivity index is 1.65. The van der Waals surface area contributed by atoms with Crippen LogP contribution in [0.5, 0.6) is 5.75 Å². The highest BCUT2D eigenvalue weighted by Crippen LogP contribution is 2.26. The Hall–Kier alpha value is -3.65. The van der Waals surface area contributed by atoms with Crippen LogP contribution in [0.4, 0.5) is 0 Å². The molecule has 0 aliphatic heterocycles. The van der Waals surface area contributed by atoms with Gasteiger partial charge in [0.15, 0.2) is 0 Å². The number of pyridine rings is 1. The molecular formula is C20H14N4O3S. The Labute approximate surface area is 163 Å². The minimum Gasteiger partial charge on any atom is -0.427 e. The number of carbonyl (C=O) groups excluding carboxylic acids is 1. The lowest BCUT2D eigenvalue weighted by Gasteiger charge is -2.01. The number of hydrogen-bond acceptors (Lipinski definition) is 7. The molecule has 4 aromatic rings. The highest BCUT2D eigenvalue weighted by molar-refractivity contribution is 7.19. The summed E-state index contributed by atoms with van der Waals surface area (Å²) in [7, 11) is 0. The monoisotopic (exact) mass is 390 g/mol. The second kappa shape index (κ2) is 7.53.